The molecule has 3 nitrogen and oxygen atoms in total. The van der Waals surface area contributed by atoms with Gasteiger partial charge in [-0.3, -0.25) is 0 Å². The van der Waals surface area contributed by atoms with E-state index in [4.69, 9.17) is 4.42 Å². The molecule has 136 valence electrons. The molecule has 0 N–H and O–H groups in total. The van der Waals surface area contributed by atoms with Crippen molar-refractivity contribution in [2.24, 2.45) is 0 Å². The Bertz CT molecular complexity index is 1160. The molecule has 6 heteroatoms. The molecule has 0 fully saturated rings. The molecule has 0 radical (unpaired) electrons. The number of nitrogens with zero attached hydrogens (tertiary/aromatic N) is 1. The van der Waals surface area contributed by atoms with Crippen molar-refractivity contribution in [2.75, 3.05) is 0 Å². The number of aromatic nitrogens is 1. The molecule has 27 heavy (non-hydrogen) atoms. The lowest BCUT2D eigenvalue weighted by Gasteiger charge is -2.07. The normalized spacial score (nSPS) is 11.4. The van der Waals surface area contributed by atoms with Crippen LogP contribution < -0.4 is 5.63 Å². The van der Waals surface area contributed by atoms with Gasteiger partial charge in [-0.05, 0) is 47.4 Å². The fourth-order valence-electron chi connectivity index (χ4n) is 2.76. The molecule has 2 aromatic heterocycles. The number of halogens is 1. The average molecular weight is 397 g/mol. The van der Waals surface area contributed by atoms with E-state index in [1.807, 2.05) is 24.4 Å². The molecule has 4 rings (SSSR count). The zero-order valence-corrected chi connectivity index (χ0v) is 16.4. The smallest absolute Gasteiger partial charge is 0.336 e. The Kier molecular flexibility index (Phi) is 4.85. The Balaban J connectivity index is 1.74. The Morgan fingerprint density at radius 2 is 1.89 bits per heavy atom. The van der Waals surface area contributed by atoms with Crippen molar-refractivity contribution < 1.29 is 8.81 Å². The highest BCUT2D eigenvalue weighted by Gasteiger charge is 2.11. The lowest BCUT2D eigenvalue weighted by molar-refractivity contribution is 0.561. The third kappa shape index (κ3) is 3.82. The first-order chi connectivity index (χ1) is 13.0. The van der Waals surface area contributed by atoms with E-state index in [9.17, 15) is 9.18 Å². The van der Waals surface area contributed by atoms with Gasteiger partial charge in [-0.1, -0.05) is 37.7 Å². The first-order valence-corrected chi connectivity index (χ1v) is 10.1. The Morgan fingerprint density at radius 1 is 1.11 bits per heavy atom. The van der Waals surface area contributed by atoms with Gasteiger partial charge in [-0.25, -0.2) is 14.2 Å². The van der Waals surface area contributed by atoms with E-state index in [1.165, 1.54) is 23.1 Å². The minimum atomic E-state index is -0.430. The van der Waals surface area contributed by atoms with E-state index in [-0.39, 0.29) is 5.82 Å². The molecule has 0 bridgehead atoms. The number of fused-ring (bicyclic) bond motifs is 1. The van der Waals surface area contributed by atoms with Gasteiger partial charge in [0.1, 0.15) is 11.4 Å². The summed E-state index contributed by atoms with van der Waals surface area (Å²) in [5.41, 5.74) is 1.58. The largest absolute Gasteiger partial charge is 0.423 e. The molecule has 0 amide bonds. The molecule has 0 spiro atoms. The maximum atomic E-state index is 13.2. The lowest BCUT2D eigenvalue weighted by atomic mass is 10.0. The molecular weight excluding hydrogens is 381 g/mol. The van der Waals surface area contributed by atoms with Crippen molar-refractivity contribution in [2.45, 2.75) is 29.0 Å². The van der Waals surface area contributed by atoms with Gasteiger partial charge in [-0.15, -0.1) is 11.3 Å². The number of thiazole rings is 1. The van der Waals surface area contributed by atoms with Crippen LogP contribution in [0.2, 0.25) is 0 Å². The summed E-state index contributed by atoms with van der Waals surface area (Å²) in [7, 11) is 0. The van der Waals surface area contributed by atoms with Crippen molar-refractivity contribution in [1.82, 2.24) is 4.98 Å². The molecule has 2 aromatic carbocycles. The average Bonchev–Trinajstić information content (AvgIpc) is 3.10. The minimum Gasteiger partial charge on any atom is -0.423 e. The number of hydrogen-bond donors (Lipinski definition) is 0. The second kappa shape index (κ2) is 7.29. The number of hydrogen-bond acceptors (Lipinski definition) is 5. The monoisotopic (exact) mass is 397 g/mol. The number of benzene rings is 2. The Morgan fingerprint density at radius 3 is 2.59 bits per heavy atom. The van der Waals surface area contributed by atoms with Crippen molar-refractivity contribution in [3.8, 4) is 11.1 Å². The maximum Gasteiger partial charge on any atom is 0.336 e. The summed E-state index contributed by atoms with van der Waals surface area (Å²) in [4.78, 5) is 18.7. The van der Waals surface area contributed by atoms with Gasteiger partial charge in [-0.2, -0.15) is 0 Å². The van der Waals surface area contributed by atoms with Gasteiger partial charge < -0.3 is 4.42 Å². The quantitative estimate of drug-likeness (QED) is 0.377. The third-order valence-electron chi connectivity index (χ3n) is 4.15. The van der Waals surface area contributed by atoms with Crippen LogP contribution in [0, 0.1) is 5.82 Å². The first-order valence-electron chi connectivity index (χ1n) is 8.47. The standard InChI is InChI=1S/C21H16FNO2S2/c1-12(2)19-11-23-21(27-19)26-15-7-8-16-17(10-20(24)25-18(16)9-15)13-3-5-14(22)6-4-13/h3-12H,1-2H3. The van der Waals surface area contributed by atoms with E-state index in [2.05, 4.69) is 18.8 Å². The van der Waals surface area contributed by atoms with Crippen LogP contribution in [0.25, 0.3) is 22.1 Å². The molecule has 0 atom stereocenters. The van der Waals surface area contributed by atoms with Crippen LogP contribution in [0.4, 0.5) is 4.39 Å². The van der Waals surface area contributed by atoms with Crippen LogP contribution in [0.3, 0.4) is 0 Å². The SMILES string of the molecule is CC(C)c1cnc(Sc2ccc3c(-c4ccc(F)cc4)cc(=O)oc3c2)s1. The lowest BCUT2D eigenvalue weighted by Crippen LogP contribution is -1.98. The van der Waals surface area contributed by atoms with Crippen LogP contribution in [0.1, 0.15) is 24.6 Å². The van der Waals surface area contributed by atoms with Crippen molar-refractivity contribution in [3.05, 3.63) is 75.8 Å². The van der Waals surface area contributed by atoms with Crippen LogP contribution in [0.5, 0.6) is 0 Å². The van der Waals surface area contributed by atoms with Crippen molar-refractivity contribution in [1.29, 1.82) is 0 Å². The molecule has 0 aliphatic carbocycles. The van der Waals surface area contributed by atoms with Crippen LogP contribution >= 0.6 is 23.1 Å². The molecule has 4 aromatic rings. The van der Waals surface area contributed by atoms with Gasteiger partial charge in [0, 0.05) is 27.4 Å². The maximum absolute atomic E-state index is 13.2. The summed E-state index contributed by atoms with van der Waals surface area (Å²) >= 11 is 3.22. The molecule has 0 saturated heterocycles. The van der Waals surface area contributed by atoms with Crippen LogP contribution in [-0.2, 0) is 0 Å². The first kappa shape index (κ1) is 17.9. The zero-order chi connectivity index (χ0) is 19.0. The molecular formula is C21H16FNO2S2. The molecule has 0 aliphatic rings. The van der Waals surface area contributed by atoms with Crippen molar-refractivity contribution >= 4 is 34.1 Å². The van der Waals surface area contributed by atoms with E-state index in [0.29, 0.717) is 11.5 Å². The highest BCUT2D eigenvalue weighted by atomic mass is 32.2. The molecule has 0 aliphatic heterocycles. The van der Waals surface area contributed by atoms with E-state index >= 15 is 0 Å². The van der Waals surface area contributed by atoms with E-state index < -0.39 is 5.63 Å². The van der Waals surface area contributed by atoms with Crippen molar-refractivity contribution in [3.63, 3.8) is 0 Å². The Hall–Kier alpha value is -2.44. The summed E-state index contributed by atoms with van der Waals surface area (Å²) in [6.07, 6.45) is 1.91. The van der Waals surface area contributed by atoms with Gasteiger partial charge in [0.2, 0.25) is 0 Å². The Labute approximate surface area is 163 Å². The zero-order valence-electron chi connectivity index (χ0n) is 14.7. The van der Waals surface area contributed by atoms with Gasteiger partial charge >= 0.3 is 5.63 Å². The van der Waals surface area contributed by atoms with Crippen LogP contribution in [0.15, 0.2) is 73.2 Å². The summed E-state index contributed by atoms with van der Waals surface area (Å²) in [6.45, 7) is 4.28. The minimum absolute atomic E-state index is 0.311. The highest BCUT2D eigenvalue weighted by Crippen LogP contribution is 2.36. The summed E-state index contributed by atoms with van der Waals surface area (Å²) in [5.74, 6) is 0.138. The van der Waals surface area contributed by atoms with Gasteiger partial charge in [0.15, 0.2) is 4.34 Å². The topological polar surface area (TPSA) is 43.1 Å². The van der Waals surface area contributed by atoms with Gasteiger partial charge in [0.25, 0.3) is 0 Å². The molecule has 2 heterocycles. The number of rotatable bonds is 4. The predicted octanol–water partition coefficient (Wildman–Crippen LogP) is 6.33. The second-order valence-electron chi connectivity index (χ2n) is 6.43. The van der Waals surface area contributed by atoms with Gasteiger partial charge in [0.05, 0.1) is 0 Å². The fraction of sp³-hybridized carbons (Fsp3) is 0.143. The fourth-order valence-corrected chi connectivity index (χ4v) is 4.76. The highest BCUT2D eigenvalue weighted by molar-refractivity contribution is 8.01. The summed E-state index contributed by atoms with van der Waals surface area (Å²) < 4.78 is 19.6. The van der Waals surface area contributed by atoms with E-state index in [1.54, 1.807) is 35.2 Å². The molecule has 0 saturated carbocycles. The summed E-state index contributed by atoms with van der Waals surface area (Å²) in [6, 6.07) is 13.3. The van der Waals surface area contributed by atoms with E-state index in [0.717, 1.165) is 25.7 Å². The third-order valence-corrected chi connectivity index (χ3v) is 6.51. The summed E-state index contributed by atoms with van der Waals surface area (Å²) in [5, 5.41) is 0.813. The van der Waals surface area contributed by atoms with Crippen LogP contribution in [-0.4, -0.2) is 4.98 Å². The molecule has 0 unspecified atom stereocenters. The predicted molar refractivity (Wildman–Crippen MR) is 108 cm³/mol. The second-order valence-corrected chi connectivity index (χ2v) is 8.81.